The molecule has 4 bridgehead atoms. The second kappa shape index (κ2) is 27.6. The number of alkyl carbamates (subject to hydrolysis) is 1. The molecule has 10 atom stereocenters. The average Bonchev–Trinajstić information content (AvgIpc) is 4.03. The number of fused-ring (bicyclic) bond motifs is 5. The lowest BCUT2D eigenvalue weighted by Crippen LogP contribution is -2.63. The van der Waals surface area contributed by atoms with Crippen molar-refractivity contribution in [2.75, 3.05) is 73.6 Å². The first-order valence-corrected chi connectivity index (χ1v) is 26.9. The van der Waals surface area contributed by atoms with Gasteiger partial charge in [-0.05, 0) is 70.2 Å². The summed E-state index contributed by atoms with van der Waals surface area (Å²) in [6.07, 6.45) is 2.83. The number of aromatic hydroxyl groups is 2. The van der Waals surface area contributed by atoms with Crippen LogP contribution in [0.3, 0.4) is 0 Å². The number of epoxide rings is 1. The van der Waals surface area contributed by atoms with Crippen LogP contribution in [-0.4, -0.2) is 199 Å². The molecule has 2 saturated heterocycles. The van der Waals surface area contributed by atoms with Crippen LogP contribution in [0.5, 0.6) is 17.5 Å². The molecule has 4 N–H and O–H groups in total. The number of benzene rings is 1. The molecule has 4 heterocycles. The molecule has 0 saturated carbocycles. The molecule has 26 heteroatoms. The number of nitrogens with one attached hydrogen (secondary N) is 1. The Balaban J connectivity index is 1.05. The number of halogens is 1. The monoisotopic (exact) mass is 1160 g/mol. The molecule has 4 aliphatic rings. The molecule has 2 aromatic rings. The first-order valence-electron chi connectivity index (χ1n) is 26.5. The van der Waals surface area contributed by atoms with Crippen LogP contribution in [0.25, 0.3) is 0 Å². The van der Waals surface area contributed by atoms with Gasteiger partial charge in [0, 0.05) is 72.9 Å². The van der Waals surface area contributed by atoms with Crippen molar-refractivity contribution in [2.24, 2.45) is 5.92 Å². The lowest BCUT2D eigenvalue weighted by molar-refractivity contribution is -0.162. The number of aromatic nitrogens is 1. The highest BCUT2D eigenvalue weighted by Gasteiger charge is 2.64. The third-order valence-electron chi connectivity index (χ3n) is 14.9. The molecular formula is C55H75ClN6O19. The van der Waals surface area contributed by atoms with Gasteiger partial charge in [-0.25, -0.2) is 24.0 Å². The Morgan fingerprint density at radius 3 is 2.36 bits per heavy atom. The fraction of sp³-hybridized carbons (Fsp3) is 0.582. The van der Waals surface area contributed by atoms with E-state index in [2.05, 4.69) is 5.32 Å². The van der Waals surface area contributed by atoms with Crippen molar-refractivity contribution < 1.29 is 91.6 Å². The average molecular weight is 1160 g/mol. The topological polar surface area (TPSA) is 296 Å². The van der Waals surface area contributed by atoms with Crippen LogP contribution < -0.4 is 19.8 Å². The maximum Gasteiger partial charge on any atom is 0.410 e. The van der Waals surface area contributed by atoms with Gasteiger partial charge in [-0.3, -0.25) is 14.9 Å². The van der Waals surface area contributed by atoms with E-state index in [4.69, 9.17) is 54.3 Å². The Bertz CT molecular complexity index is 2700. The standard InChI is InChI=1S/C55H75ClN6O19/c1-32-16-15-19-41(74-10)55(72)30-40(77-51(69)57-55)33(2)49-54(4,80-49)42(29-46(66)61(8)36-27-35(26-32)28-39(73-9)48(36)56)79-50(68)34(3)60(7)43(63)22-25-75-52(70)58(5)23-24-59(6)53(71)78-38-18-14-12-11-13-17-37(38)76-31-47(67)81-62-44(64)20-21-45(62)65/h14-16,18-21,27-28,33-34,37-38,40-42,49,64-65,72H,11-13,17,22-26,29-31H2,1-10H3,(H,57,69)/t33-,34+,37?,38?,40+,41-,42+,49+,54+,55+/m1/s1. The fourth-order valence-electron chi connectivity index (χ4n) is 9.64. The number of carbonyl (C=O) groups is 7. The maximum atomic E-state index is 14.4. The molecule has 2 unspecified atom stereocenters. The normalized spacial score (nSPS) is 26.2. The van der Waals surface area contributed by atoms with E-state index in [9.17, 15) is 48.9 Å². The number of esters is 1. The predicted octanol–water partition coefficient (Wildman–Crippen LogP) is 4.79. The third-order valence-corrected chi connectivity index (χ3v) is 15.3. The van der Waals surface area contributed by atoms with Crippen LogP contribution in [0.4, 0.5) is 20.1 Å². The van der Waals surface area contributed by atoms with Gasteiger partial charge in [-0.2, -0.15) is 0 Å². The molecule has 1 aromatic carbocycles. The minimum Gasteiger partial charge on any atom is -0.495 e. The fourth-order valence-corrected chi connectivity index (χ4v) is 9.95. The molecule has 0 radical (unpaired) electrons. The van der Waals surface area contributed by atoms with Gasteiger partial charge < -0.3 is 77.7 Å². The molecule has 3 aliphatic heterocycles. The van der Waals surface area contributed by atoms with E-state index in [0.29, 0.717) is 35.4 Å². The zero-order chi connectivity index (χ0) is 59.5. The van der Waals surface area contributed by atoms with Crippen molar-refractivity contribution in [3.8, 4) is 17.5 Å². The van der Waals surface area contributed by atoms with E-state index in [-0.39, 0.29) is 37.6 Å². The number of amides is 5. The molecular weight excluding hydrogens is 1080 g/mol. The molecule has 81 heavy (non-hydrogen) atoms. The van der Waals surface area contributed by atoms with Gasteiger partial charge in [-0.15, -0.1) is 4.73 Å². The van der Waals surface area contributed by atoms with Gasteiger partial charge in [0.25, 0.3) is 0 Å². The van der Waals surface area contributed by atoms with Gasteiger partial charge in [0.2, 0.25) is 23.6 Å². The summed E-state index contributed by atoms with van der Waals surface area (Å²) in [7, 11) is 8.65. The number of rotatable bonds is 16. The van der Waals surface area contributed by atoms with E-state index < -0.39 is 127 Å². The van der Waals surface area contributed by atoms with Crippen LogP contribution in [0.15, 0.2) is 60.2 Å². The highest BCUT2D eigenvalue weighted by Crippen LogP contribution is 2.49. The molecule has 0 spiro atoms. The van der Waals surface area contributed by atoms with Gasteiger partial charge in [0.15, 0.2) is 5.72 Å². The maximum absolute atomic E-state index is 14.4. The molecule has 25 nitrogen and oxygen atoms in total. The van der Waals surface area contributed by atoms with Crippen LogP contribution in [0.1, 0.15) is 78.2 Å². The number of aliphatic hydroxyl groups is 1. The summed E-state index contributed by atoms with van der Waals surface area (Å²) in [5.74, 6) is -4.24. The molecule has 2 fully saturated rings. The van der Waals surface area contributed by atoms with Crippen molar-refractivity contribution in [3.05, 3.63) is 70.8 Å². The SMILES string of the molecule is COc1cc2cc(c1Cl)N(C)C(=O)C[C@H](OC(=O)[C@H](C)N(C)C(=O)CCOC(=O)N(C)CCN(C)C(=O)OC1C=CCCCCC1OCC(=O)On1c(O)ccc1O)[C@]1(C)O[C@H]1[C@H](C)[C@@H]1C[C@@](O)(NC(=O)O1)[C@H](OC)C=CC=C(C)C2. The first-order chi connectivity index (χ1) is 38.3. The smallest absolute Gasteiger partial charge is 0.410 e. The summed E-state index contributed by atoms with van der Waals surface area (Å²) in [6, 6.07) is 4.54. The summed E-state index contributed by atoms with van der Waals surface area (Å²) in [6.45, 7) is 5.77. The highest BCUT2D eigenvalue weighted by atomic mass is 35.5. The number of ether oxygens (including phenoxy) is 8. The predicted molar refractivity (Wildman–Crippen MR) is 289 cm³/mol. The van der Waals surface area contributed by atoms with Crippen LogP contribution >= 0.6 is 11.6 Å². The van der Waals surface area contributed by atoms with E-state index in [0.717, 1.165) is 41.0 Å². The van der Waals surface area contributed by atoms with Crippen molar-refractivity contribution in [2.45, 2.75) is 133 Å². The Morgan fingerprint density at radius 2 is 1.68 bits per heavy atom. The van der Waals surface area contributed by atoms with Crippen LogP contribution in [-0.2, 0) is 58.8 Å². The lowest BCUT2D eigenvalue weighted by Gasteiger charge is -2.42. The number of methoxy groups -OCH3 is 2. The van der Waals surface area contributed by atoms with E-state index in [1.807, 2.05) is 19.1 Å². The number of nitrogens with zero attached hydrogens (tertiary/aromatic N) is 5. The zero-order valence-corrected chi connectivity index (χ0v) is 48.0. The van der Waals surface area contributed by atoms with E-state index in [1.165, 1.54) is 64.0 Å². The summed E-state index contributed by atoms with van der Waals surface area (Å²) in [4.78, 5) is 104. The zero-order valence-electron chi connectivity index (χ0n) is 47.3. The second-order valence-electron chi connectivity index (χ2n) is 20.8. The largest absolute Gasteiger partial charge is 0.495 e. The van der Waals surface area contributed by atoms with Crippen molar-refractivity contribution >= 4 is 59.3 Å². The number of anilines is 1. The van der Waals surface area contributed by atoms with Crippen molar-refractivity contribution in [1.82, 2.24) is 24.7 Å². The van der Waals surface area contributed by atoms with Crippen molar-refractivity contribution in [1.29, 1.82) is 0 Å². The van der Waals surface area contributed by atoms with Crippen LogP contribution in [0, 0.1) is 5.92 Å². The Kier molecular flexibility index (Phi) is 21.5. The highest BCUT2D eigenvalue weighted by molar-refractivity contribution is 6.35. The quantitative estimate of drug-likeness (QED) is 0.0760. The molecule has 1 aliphatic carbocycles. The summed E-state index contributed by atoms with van der Waals surface area (Å²) >= 11 is 6.81. The van der Waals surface area contributed by atoms with Gasteiger partial charge in [-0.1, -0.05) is 54.8 Å². The number of likely N-dealkylation sites (N-methyl/N-ethyl adjacent to an activating group) is 3. The molecule has 1 aromatic heterocycles. The number of hydrogen-bond donors (Lipinski definition) is 4. The number of allylic oxidation sites excluding steroid dienone is 4. The van der Waals surface area contributed by atoms with Crippen molar-refractivity contribution in [3.63, 3.8) is 0 Å². The number of carbonyl (C=O) groups excluding carboxylic acids is 7. The minimum atomic E-state index is -1.90. The van der Waals surface area contributed by atoms with E-state index >= 15 is 0 Å². The number of hydrogen-bond acceptors (Lipinski definition) is 19. The first kappa shape index (κ1) is 63.1. The summed E-state index contributed by atoms with van der Waals surface area (Å²) in [5.41, 5.74) is -1.31. The Labute approximate surface area is 475 Å². The molecule has 5 amide bonds. The lowest BCUT2D eigenvalue weighted by atomic mass is 9.83. The minimum absolute atomic E-state index is 0.00371. The van der Waals surface area contributed by atoms with Gasteiger partial charge in [0.1, 0.15) is 60.0 Å². The Hall–Kier alpha value is -7.06. The van der Waals surface area contributed by atoms with Gasteiger partial charge in [0.05, 0.1) is 37.8 Å². The summed E-state index contributed by atoms with van der Waals surface area (Å²) < 4.78 is 46.8. The molecule has 446 valence electrons. The second-order valence-corrected chi connectivity index (χ2v) is 21.2. The summed E-state index contributed by atoms with van der Waals surface area (Å²) in [5, 5.41) is 34.1. The third kappa shape index (κ3) is 15.9. The van der Waals surface area contributed by atoms with Crippen LogP contribution in [0.2, 0.25) is 5.02 Å². The van der Waals surface area contributed by atoms with E-state index in [1.54, 1.807) is 44.2 Å². The van der Waals surface area contributed by atoms with Gasteiger partial charge >= 0.3 is 30.2 Å². The molecule has 6 rings (SSSR count). The Morgan fingerprint density at radius 1 is 0.988 bits per heavy atom.